The van der Waals surface area contributed by atoms with Gasteiger partial charge in [-0.25, -0.2) is 14.4 Å². The molecule has 7 amide bonds. The number of carboxylic acids is 3. The molecule has 0 saturated carbocycles. The second kappa shape index (κ2) is 37.3. The van der Waals surface area contributed by atoms with Crippen molar-refractivity contribution in [2.24, 2.45) is 0 Å². The summed E-state index contributed by atoms with van der Waals surface area (Å²) in [5, 5.41) is 45.1. The molecule has 0 heterocycles. The van der Waals surface area contributed by atoms with E-state index in [0.29, 0.717) is 109 Å². The molecule has 2 atom stereocenters. The summed E-state index contributed by atoms with van der Waals surface area (Å²) in [6.45, 7) is 6.30. The maximum absolute atomic E-state index is 12.5. The SMILES string of the molecule is CCCC(=O)NCCOCCOCCNC(=O)c1ccc(C(=O)NCCOCCOCCNC(=O)CCCCCCCNC(=O)CC[C@H](NC(=O)N[C@@H](CCC(=O)O)C(=O)O)C(=O)O)cc1. The van der Waals surface area contributed by atoms with E-state index < -0.39 is 54.8 Å². The molecule has 1 aromatic rings. The number of rotatable bonds is 40. The zero-order valence-electron chi connectivity index (χ0n) is 37.8. The quantitative estimate of drug-likeness (QED) is 0.0402. The molecule has 0 saturated heterocycles. The fourth-order valence-corrected chi connectivity index (χ4v) is 5.70. The molecular formula is C43H69N7O16. The van der Waals surface area contributed by atoms with Crippen molar-refractivity contribution in [2.75, 3.05) is 85.6 Å². The lowest BCUT2D eigenvalue weighted by molar-refractivity contribution is -0.141. The van der Waals surface area contributed by atoms with Crippen LogP contribution in [0.4, 0.5) is 4.79 Å². The molecule has 0 unspecified atom stereocenters. The molecule has 10 N–H and O–H groups in total. The largest absolute Gasteiger partial charge is 0.481 e. The topological polar surface area (TPSA) is 335 Å². The van der Waals surface area contributed by atoms with Crippen molar-refractivity contribution in [2.45, 2.75) is 96.1 Å². The van der Waals surface area contributed by atoms with Crippen molar-refractivity contribution >= 4 is 53.5 Å². The number of nitrogens with one attached hydrogen (secondary N) is 7. The van der Waals surface area contributed by atoms with Crippen LogP contribution in [0.3, 0.4) is 0 Å². The molecule has 0 radical (unpaired) electrons. The summed E-state index contributed by atoms with van der Waals surface area (Å²) in [7, 11) is 0. The molecule has 1 aromatic carbocycles. The number of carboxylic acid groups (broad SMARTS) is 3. The number of urea groups is 1. The van der Waals surface area contributed by atoms with Gasteiger partial charge in [-0.15, -0.1) is 0 Å². The van der Waals surface area contributed by atoms with Gasteiger partial charge in [0.2, 0.25) is 17.7 Å². The van der Waals surface area contributed by atoms with Gasteiger partial charge in [-0.2, -0.15) is 0 Å². The maximum atomic E-state index is 12.5. The van der Waals surface area contributed by atoms with Crippen LogP contribution in [0.25, 0.3) is 0 Å². The molecule has 0 aliphatic rings. The van der Waals surface area contributed by atoms with E-state index in [9.17, 15) is 48.3 Å². The van der Waals surface area contributed by atoms with E-state index in [1.807, 2.05) is 12.2 Å². The van der Waals surface area contributed by atoms with Crippen LogP contribution in [-0.4, -0.2) is 166 Å². The van der Waals surface area contributed by atoms with Crippen molar-refractivity contribution in [1.82, 2.24) is 37.2 Å². The summed E-state index contributed by atoms with van der Waals surface area (Å²) < 4.78 is 21.8. The number of carbonyl (C=O) groups excluding carboxylic acids is 6. The Bertz CT molecular complexity index is 1630. The lowest BCUT2D eigenvalue weighted by Crippen LogP contribution is -2.51. The van der Waals surface area contributed by atoms with E-state index in [1.54, 1.807) is 24.3 Å². The van der Waals surface area contributed by atoms with Crippen LogP contribution in [0.1, 0.15) is 105 Å². The van der Waals surface area contributed by atoms with Gasteiger partial charge in [-0.05, 0) is 56.4 Å². The monoisotopic (exact) mass is 939 g/mol. The van der Waals surface area contributed by atoms with Gasteiger partial charge in [0.15, 0.2) is 0 Å². The lowest BCUT2D eigenvalue weighted by Gasteiger charge is -2.18. The molecule has 372 valence electrons. The summed E-state index contributed by atoms with van der Waals surface area (Å²) in [5.41, 5.74) is 0.799. The van der Waals surface area contributed by atoms with Crippen molar-refractivity contribution < 1.29 is 77.4 Å². The second-order valence-corrected chi connectivity index (χ2v) is 14.7. The molecule has 0 spiro atoms. The van der Waals surface area contributed by atoms with Gasteiger partial charge >= 0.3 is 23.9 Å². The minimum Gasteiger partial charge on any atom is -0.481 e. The van der Waals surface area contributed by atoms with E-state index in [-0.39, 0.29) is 49.6 Å². The molecule has 23 heteroatoms. The first kappa shape index (κ1) is 58.1. The van der Waals surface area contributed by atoms with Gasteiger partial charge in [0.25, 0.3) is 11.8 Å². The van der Waals surface area contributed by atoms with E-state index in [1.165, 1.54) is 0 Å². The van der Waals surface area contributed by atoms with Gasteiger partial charge in [-0.3, -0.25) is 28.8 Å². The van der Waals surface area contributed by atoms with Gasteiger partial charge in [0.05, 0.1) is 52.9 Å². The Morgan fingerprint density at radius 3 is 1.27 bits per heavy atom. The Labute approximate surface area is 384 Å². The molecule has 1 rings (SSSR count). The van der Waals surface area contributed by atoms with Crippen molar-refractivity contribution in [3.63, 3.8) is 0 Å². The Hall–Kier alpha value is -5.91. The Morgan fingerprint density at radius 2 is 0.833 bits per heavy atom. The molecule has 23 nitrogen and oxygen atoms in total. The molecule has 66 heavy (non-hydrogen) atoms. The maximum Gasteiger partial charge on any atom is 0.326 e. The minimum absolute atomic E-state index is 0.00595. The smallest absolute Gasteiger partial charge is 0.326 e. The van der Waals surface area contributed by atoms with Crippen LogP contribution in [0, 0.1) is 0 Å². The summed E-state index contributed by atoms with van der Waals surface area (Å²) in [6, 6.07) is 2.14. The number of ether oxygens (including phenoxy) is 4. The highest BCUT2D eigenvalue weighted by molar-refractivity contribution is 5.97. The van der Waals surface area contributed by atoms with E-state index >= 15 is 0 Å². The van der Waals surface area contributed by atoms with Gasteiger partial charge in [-0.1, -0.05) is 26.2 Å². The molecule has 0 aliphatic carbocycles. The van der Waals surface area contributed by atoms with Crippen LogP contribution in [0.2, 0.25) is 0 Å². The Kier molecular flexibility index (Phi) is 32.9. The van der Waals surface area contributed by atoms with Crippen LogP contribution < -0.4 is 37.2 Å². The highest BCUT2D eigenvalue weighted by Gasteiger charge is 2.25. The Morgan fingerprint density at radius 1 is 0.455 bits per heavy atom. The van der Waals surface area contributed by atoms with Gasteiger partial charge < -0.3 is 71.5 Å². The number of benzene rings is 1. The highest BCUT2D eigenvalue weighted by Crippen LogP contribution is 2.07. The standard InChI is InChI=1S/C43H69N7O16/c1-2-8-35(51)45-19-23-63-27-29-65-25-21-47-39(56)31-10-12-32(13-11-31)40(57)48-22-26-66-30-28-64-24-20-46-36(52)9-6-4-3-5-7-18-44-37(53)16-14-33(41(58)59)49-43(62)50-34(42(60)61)15-17-38(54)55/h10-13,33-34H,2-9,14-30H2,1H3,(H,44,53)(H,45,51)(H,46,52)(H,47,56)(H,48,57)(H,54,55)(H,58,59)(H,60,61)(H2,49,50,62)/t33-,34-/m0/s1. The number of aliphatic carboxylic acids is 3. The summed E-state index contributed by atoms with van der Waals surface area (Å²) in [6.07, 6.45) is 4.10. The van der Waals surface area contributed by atoms with Crippen molar-refractivity contribution in [3.8, 4) is 0 Å². The first-order chi connectivity index (χ1) is 31.7. The average molecular weight is 940 g/mol. The number of carbonyl (C=O) groups is 9. The number of hydrogen-bond acceptors (Lipinski definition) is 13. The van der Waals surface area contributed by atoms with E-state index in [4.69, 9.17) is 29.2 Å². The van der Waals surface area contributed by atoms with E-state index in [0.717, 1.165) is 25.7 Å². The molecule has 0 aromatic heterocycles. The fraction of sp³-hybridized carbons (Fsp3) is 0.651. The summed E-state index contributed by atoms with van der Waals surface area (Å²) >= 11 is 0. The first-order valence-corrected chi connectivity index (χ1v) is 22.2. The molecule has 0 fully saturated rings. The van der Waals surface area contributed by atoms with Gasteiger partial charge in [0, 0.05) is 69.5 Å². The van der Waals surface area contributed by atoms with Crippen LogP contribution in [-0.2, 0) is 47.7 Å². The van der Waals surface area contributed by atoms with E-state index in [2.05, 4.69) is 31.9 Å². The predicted octanol–water partition coefficient (Wildman–Crippen LogP) is 0.553. The summed E-state index contributed by atoms with van der Waals surface area (Å²) in [4.78, 5) is 106. The number of hydrogen-bond donors (Lipinski definition) is 10. The predicted molar refractivity (Wildman–Crippen MR) is 237 cm³/mol. The van der Waals surface area contributed by atoms with Gasteiger partial charge in [0.1, 0.15) is 12.1 Å². The summed E-state index contributed by atoms with van der Waals surface area (Å²) in [5.74, 6) is -5.27. The first-order valence-electron chi connectivity index (χ1n) is 22.2. The zero-order valence-corrected chi connectivity index (χ0v) is 37.8. The highest BCUT2D eigenvalue weighted by atomic mass is 16.5. The molecule has 0 bridgehead atoms. The minimum atomic E-state index is -1.53. The number of unbranched alkanes of at least 4 members (excludes halogenated alkanes) is 4. The fourth-order valence-electron chi connectivity index (χ4n) is 5.70. The molecule has 0 aliphatic heterocycles. The third-order valence-corrected chi connectivity index (χ3v) is 9.25. The zero-order chi connectivity index (χ0) is 48.8. The third kappa shape index (κ3) is 31.0. The molecular weight excluding hydrogens is 871 g/mol. The Balaban J connectivity index is 2.01. The second-order valence-electron chi connectivity index (χ2n) is 14.7. The van der Waals surface area contributed by atoms with Crippen LogP contribution in [0.15, 0.2) is 24.3 Å². The third-order valence-electron chi connectivity index (χ3n) is 9.25. The van der Waals surface area contributed by atoms with Crippen LogP contribution in [0.5, 0.6) is 0 Å². The average Bonchev–Trinajstić information content (AvgIpc) is 3.28. The van der Waals surface area contributed by atoms with Crippen LogP contribution >= 0.6 is 0 Å². The lowest BCUT2D eigenvalue weighted by atomic mass is 10.1. The van der Waals surface area contributed by atoms with Crippen molar-refractivity contribution in [3.05, 3.63) is 35.4 Å². The normalized spacial score (nSPS) is 11.7. The van der Waals surface area contributed by atoms with Crippen molar-refractivity contribution in [1.29, 1.82) is 0 Å². The number of amides is 7.